The van der Waals surface area contributed by atoms with E-state index in [-0.39, 0.29) is 12.2 Å². The van der Waals surface area contributed by atoms with Crippen LogP contribution in [0.5, 0.6) is 11.5 Å². The average Bonchev–Trinajstić information content (AvgIpc) is 2.68. The summed E-state index contributed by atoms with van der Waals surface area (Å²) in [5.74, 6) is -0.0156. The van der Waals surface area contributed by atoms with E-state index < -0.39 is 5.97 Å². The maximum Gasteiger partial charge on any atom is 0.339 e. The van der Waals surface area contributed by atoms with Gasteiger partial charge in [0, 0.05) is 10.6 Å². The van der Waals surface area contributed by atoms with Crippen LogP contribution in [0.1, 0.15) is 22.8 Å². The van der Waals surface area contributed by atoms with Crippen LogP contribution >= 0.6 is 11.6 Å². The molecule has 0 atom stereocenters. The molecule has 0 fully saturated rings. The summed E-state index contributed by atoms with van der Waals surface area (Å²) >= 11 is 5.88. The second kappa shape index (κ2) is 8.60. The predicted octanol–water partition coefficient (Wildman–Crippen LogP) is 5.68. The smallest absolute Gasteiger partial charge is 0.339 e. The van der Waals surface area contributed by atoms with E-state index in [0.29, 0.717) is 23.1 Å². The zero-order valence-electron chi connectivity index (χ0n) is 14.8. The minimum absolute atomic E-state index is 0.104. The summed E-state index contributed by atoms with van der Waals surface area (Å²) in [4.78, 5) is 11.7. The molecule has 0 amide bonds. The largest absolute Gasteiger partial charge is 0.493 e. The van der Waals surface area contributed by atoms with Crippen molar-refractivity contribution in [3.8, 4) is 22.6 Å². The van der Waals surface area contributed by atoms with E-state index in [1.165, 1.54) is 0 Å². The van der Waals surface area contributed by atoms with Crippen molar-refractivity contribution >= 4 is 17.6 Å². The van der Waals surface area contributed by atoms with Crippen LogP contribution in [0.25, 0.3) is 11.1 Å². The van der Waals surface area contributed by atoms with Crippen molar-refractivity contribution in [3.05, 3.63) is 82.9 Å². The number of aromatic carboxylic acids is 1. The Hall–Kier alpha value is -2.98. The van der Waals surface area contributed by atoms with Gasteiger partial charge in [-0.3, -0.25) is 0 Å². The third-order valence-corrected chi connectivity index (χ3v) is 4.27. The Kier molecular flexibility index (Phi) is 5.99. The first-order valence-electron chi connectivity index (χ1n) is 8.55. The van der Waals surface area contributed by atoms with Gasteiger partial charge in [0.25, 0.3) is 0 Å². The number of hydrogen-bond acceptors (Lipinski definition) is 3. The van der Waals surface area contributed by atoms with Crippen molar-refractivity contribution in [1.29, 1.82) is 0 Å². The van der Waals surface area contributed by atoms with Crippen LogP contribution in [0.15, 0.2) is 66.7 Å². The Morgan fingerprint density at radius 3 is 2.41 bits per heavy atom. The van der Waals surface area contributed by atoms with Crippen LogP contribution in [0.2, 0.25) is 5.02 Å². The van der Waals surface area contributed by atoms with E-state index >= 15 is 0 Å². The molecule has 0 heterocycles. The second-order valence-corrected chi connectivity index (χ2v) is 6.30. The average molecular weight is 383 g/mol. The molecular weight excluding hydrogens is 364 g/mol. The minimum Gasteiger partial charge on any atom is -0.493 e. The fourth-order valence-corrected chi connectivity index (χ4v) is 2.84. The highest BCUT2D eigenvalue weighted by molar-refractivity contribution is 6.30. The molecule has 4 nitrogen and oxygen atoms in total. The first-order valence-corrected chi connectivity index (χ1v) is 8.93. The van der Waals surface area contributed by atoms with Crippen molar-refractivity contribution in [2.24, 2.45) is 0 Å². The first-order chi connectivity index (χ1) is 13.1. The molecule has 0 aliphatic carbocycles. The molecule has 0 aliphatic rings. The number of carboxylic acids is 1. The molecule has 0 saturated carbocycles. The van der Waals surface area contributed by atoms with Crippen LogP contribution in [0.3, 0.4) is 0 Å². The number of halogens is 1. The summed E-state index contributed by atoms with van der Waals surface area (Å²) < 4.78 is 11.4. The van der Waals surface area contributed by atoms with Gasteiger partial charge in [-0.25, -0.2) is 4.79 Å². The van der Waals surface area contributed by atoms with Crippen LogP contribution in [-0.2, 0) is 6.61 Å². The lowest BCUT2D eigenvalue weighted by molar-refractivity contribution is 0.0692. The summed E-state index contributed by atoms with van der Waals surface area (Å²) in [6.07, 6.45) is 0. The Balaban J connectivity index is 1.89. The molecule has 0 bridgehead atoms. The first kappa shape index (κ1) is 18.8. The van der Waals surface area contributed by atoms with Crippen LogP contribution < -0.4 is 9.47 Å². The SMILES string of the molecule is CCOc1ccccc1-c1ccc(OCc2ccc(Cl)cc2)c(C(=O)O)c1. The van der Waals surface area contributed by atoms with Crippen molar-refractivity contribution in [3.63, 3.8) is 0 Å². The van der Waals surface area contributed by atoms with Gasteiger partial charge in [-0.2, -0.15) is 0 Å². The molecule has 5 heteroatoms. The lowest BCUT2D eigenvalue weighted by Crippen LogP contribution is -2.04. The molecule has 1 N–H and O–H groups in total. The van der Waals surface area contributed by atoms with Crippen molar-refractivity contribution in [2.45, 2.75) is 13.5 Å². The van der Waals surface area contributed by atoms with E-state index in [9.17, 15) is 9.90 Å². The summed E-state index contributed by atoms with van der Waals surface area (Å²) in [7, 11) is 0. The zero-order chi connectivity index (χ0) is 19.2. The highest BCUT2D eigenvalue weighted by Crippen LogP contribution is 2.33. The Bertz CT molecular complexity index is 935. The summed E-state index contributed by atoms with van der Waals surface area (Å²) in [5.41, 5.74) is 2.61. The quantitative estimate of drug-likeness (QED) is 0.570. The van der Waals surface area contributed by atoms with Crippen molar-refractivity contribution < 1.29 is 19.4 Å². The number of para-hydroxylation sites is 1. The van der Waals surface area contributed by atoms with Crippen molar-refractivity contribution in [2.75, 3.05) is 6.61 Å². The molecule has 0 aromatic heterocycles. The minimum atomic E-state index is -1.04. The van der Waals surface area contributed by atoms with Gasteiger partial charge >= 0.3 is 5.97 Å². The van der Waals surface area contributed by atoms with Gasteiger partial charge in [-0.1, -0.05) is 48.0 Å². The normalized spacial score (nSPS) is 10.4. The standard InChI is InChI=1S/C22H19ClO4/c1-2-26-20-6-4-3-5-18(20)16-9-12-21(19(13-16)22(24)25)27-14-15-7-10-17(23)11-8-15/h3-13H,2,14H2,1H3,(H,24,25). The molecule has 3 rings (SSSR count). The Morgan fingerprint density at radius 2 is 1.70 bits per heavy atom. The predicted molar refractivity (Wildman–Crippen MR) is 106 cm³/mol. The summed E-state index contributed by atoms with van der Waals surface area (Å²) in [6.45, 7) is 2.70. The fourth-order valence-electron chi connectivity index (χ4n) is 2.72. The maximum absolute atomic E-state index is 11.7. The van der Waals surface area contributed by atoms with Gasteiger partial charge in [0.1, 0.15) is 23.7 Å². The Labute approximate surface area is 162 Å². The van der Waals surface area contributed by atoms with E-state index in [1.54, 1.807) is 24.3 Å². The van der Waals surface area contributed by atoms with Crippen molar-refractivity contribution in [1.82, 2.24) is 0 Å². The molecular formula is C22H19ClO4. The molecule has 0 aliphatic heterocycles. The number of ether oxygens (including phenoxy) is 2. The molecule has 27 heavy (non-hydrogen) atoms. The molecule has 0 saturated heterocycles. The third-order valence-electron chi connectivity index (χ3n) is 4.02. The highest BCUT2D eigenvalue weighted by atomic mass is 35.5. The lowest BCUT2D eigenvalue weighted by atomic mass is 10.0. The molecule has 138 valence electrons. The van der Waals surface area contributed by atoms with Gasteiger partial charge in [0.15, 0.2) is 0 Å². The Morgan fingerprint density at radius 1 is 0.963 bits per heavy atom. The summed E-state index contributed by atoms with van der Waals surface area (Å²) in [6, 6.07) is 19.9. The van der Waals surface area contributed by atoms with Gasteiger partial charge in [0.05, 0.1) is 6.61 Å². The van der Waals surface area contributed by atoms with Crippen LogP contribution in [0, 0.1) is 0 Å². The lowest BCUT2D eigenvalue weighted by Gasteiger charge is -2.13. The summed E-state index contributed by atoms with van der Waals surface area (Å²) in [5, 5.41) is 10.3. The molecule has 3 aromatic rings. The number of hydrogen-bond donors (Lipinski definition) is 1. The van der Waals surface area contributed by atoms with Crippen LogP contribution in [-0.4, -0.2) is 17.7 Å². The molecule has 0 spiro atoms. The zero-order valence-corrected chi connectivity index (χ0v) is 15.6. The highest BCUT2D eigenvalue weighted by Gasteiger charge is 2.15. The third kappa shape index (κ3) is 4.60. The molecule has 0 unspecified atom stereocenters. The monoisotopic (exact) mass is 382 g/mol. The van der Waals surface area contributed by atoms with Gasteiger partial charge in [-0.15, -0.1) is 0 Å². The van der Waals surface area contributed by atoms with Gasteiger partial charge < -0.3 is 14.6 Å². The number of benzene rings is 3. The van der Waals surface area contributed by atoms with E-state index in [0.717, 1.165) is 16.7 Å². The maximum atomic E-state index is 11.7. The van der Waals surface area contributed by atoms with E-state index in [1.807, 2.05) is 49.4 Å². The van der Waals surface area contributed by atoms with E-state index in [4.69, 9.17) is 21.1 Å². The van der Waals surface area contributed by atoms with Gasteiger partial charge in [0.2, 0.25) is 0 Å². The number of rotatable bonds is 7. The fraction of sp³-hybridized carbons (Fsp3) is 0.136. The number of carbonyl (C=O) groups is 1. The number of carboxylic acid groups (broad SMARTS) is 1. The second-order valence-electron chi connectivity index (χ2n) is 5.86. The van der Waals surface area contributed by atoms with E-state index in [2.05, 4.69) is 0 Å². The van der Waals surface area contributed by atoms with Crippen LogP contribution in [0.4, 0.5) is 0 Å². The molecule has 3 aromatic carbocycles. The topological polar surface area (TPSA) is 55.8 Å². The van der Waals surface area contributed by atoms with Gasteiger partial charge in [-0.05, 0) is 48.4 Å². The molecule has 0 radical (unpaired) electrons.